The first-order chi connectivity index (χ1) is 7.90. The molecule has 1 N–H and O–H groups in total. The van der Waals surface area contributed by atoms with Crippen molar-refractivity contribution >= 4 is 16.0 Å². The van der Waals surface area contributed by atoms with Crippen LogP contribution in [-0.4, -0.2) is 13.0 Å². The molecule has 7 heteroatoms. The Morgan fingerprint density at radius 1 is 1.53 bits per heavy atom. The fraction of sp³-hybridized carbons (Fsp3) is 0.100. The lowest BCUT2D eigenvalue weighted by Crippen LogP contribution is -1.88. The van der Waals surface area contributed by atoms with E-state index in [4.69, 9.17) is 9.81 Å². The average Bonchev–Trinajstić information content (AvgIpc) is 2.26. The van der Waals surface area contributed by atoms with Crippen LogP contribution in [0.2, 0.25) is 0 Å². The Morgan fingerprint density at radius 2 is 2.24 bits per heavy atom. The number of rotatable bonds is 4. The Hall–Kier alpha value is -2.04. The molecule has 0 aromatic heterocycles. The third-order valence-electron chi connectivity index (χ3n) is 1.75. The van der Waals surface area contributed by atoms with E-state index < -0.39 is 10.3 Å². The Kier molecular flexibility index (Phi) is 4.09. The van der Waals surface area contributed by atoms with E-state index in [1.807, 2.05) is 6.07 Å². The summed E-state index contributed by atoms with van der Waals surface area (Å²) in [7, 11) is -4.47. The maximum Gasteiger partial charge on any atom is 0.396 e. The quantitative estimate of drug-likeness (QED) is 0.503. The fourth-order valence-corrected chi connectivity index (χ4v) is 1.31. The van der Waals surface area contributed by atoms with Gasteiger partial charge in [0.1, 0.15) is 0 Å². The highest BCUT2D eigenvalue weighted by Gasteiger charge is 2.01. The Bertz CT molecular complexity index is 599. The third-order valence-corrected chi connectivity index (χ3v) is 2.03. The van der Waals surface area contributed by atoms with Crippen LogP contribution in [0.25, 0.3) is 0 Å². The van der Waals surface area contributed by atoms with Crippen molar-refractivity contribution in [2.45, 2.75) is 6.42 Å². The molecule has 0 saturated heterocycles. The maximum absolute atomic E-state index is 10.4. The van der Waals surface area contributed by atoms with Crippen LogP contribution in [0.1, 0.15) is 5.56 Å². The van der Waals surface area contributed by atoms with Crippen LogP contribution in [0, 0.1) is 11.3 Å². The molecule has 0 heterocycles. The molecule has 0 aliphatic rings. The number of hydrogen-bond donors (Lipinski definition) is 1. The van der Waals surface area contributed by atoms with Crippen LogP contribution in [0.5, 0.6) is 0 Å². The maximum atomic E-state index is 10.4. The zero-order valence-corrected chi connectivity index (χ0v) is 9.55. The van der Waals surface area contributed by atoms with Gasteiger partial charge in [-0.05, 0) is 22.2 Å². The van der Waals surface area contributed by atoms with Crippen molar-refractivity contribution in [2.24, 2.45) is 9.63 Å². The van der Waals surface area contributed by atoms with E-state index >= 15 is 0 Å². The molecular formula is C10H9N3O3S. The lowest BCUT2D eigenvalue weighted by molar-refractivity contribution is 0.482. The Labute approximate surface area is 98.8 Å². The first-order valence-corrected chi connectivity index (χ1v) is 5.87. The number of allylic oxidation sites excluding steroid dienone is 1. The average molecular weight is 251 g/mol. The fourth-order valence-electron chi connectivity index (χ4n) is 1.11. The number of benzene rings is 1. The normalized spacial score (nSPS) is 11.3. The van der Waals surface area contributed by atoms with Crippen molar-refractivity contribution in [3.05, 3.63) is 42.0 Å². The molecule has 0 aliphatic heterocycles. The summed E-state index contributed by atoms with van der Waals surface area (Å²) < 4.78 is 31.8. The van der Waals surface area contributed by atoms with Crippen LogP contribution in [0.3, 0.4) is 0 Å². The molecule has 0 amide bonds. The summed E-state index contributed by atoms with van der Waals surface area (Å²) in [6.07, 6.45) is 0.353. The minimum atomic E-state index is -4.47. The van der Waals surface area contributed by atoms with Crippen molar-refractivity contribution in [2.75, 3.05) is 0 Å². The zero-order valence-electron chi connectivity index (χ0n) is 8.74. The molecule has 6 nitrogen and oxygen atoms in total. The van der Waals surface area contributed by atoms with Crippen LogP contribution >= 0.6 is 0 Å². The van der Waals surface area contributed by atoms with Gasteiger partial charge in [0, 0.05) is 12.0 Å². The van der Waals surface area contributed by atoms with Gasteiger partial charge in [0.15, 0.2) is 0 Å². The second-order valence-corrected chi connectivity index (χ2v) is 4.25. The minimum absolute atomic E-state index is 0.269. The molecule has 0 bridgehead atoms. The highest BCUT2D eigenvalue weighted by molar-refractivity contribution is 7.84. The molecule has 1 aromatic carbocycles. The van der Waals surface area contributed by atoms with Crippen LogP contribution in [0.4, 0.5) is 5.69 Å². The predicted molar refractivity (Wildman–Crippen MR) is 61.0 cm³/mol. The van der Waals surface area contributed by atoms with Crippen molar-refractivity contribution in [3.8, 4) is 6.07 Å². The van der Waals surface area contributed by atoms with Gasteiger partial charge in [-0.2, -0.15) is 13.7 Å². The zero-order chi connectivity index (χ0) is 12.9. The summed E-state index contributed by atoms with van der Waals surface area (Å²) >= 11 is 0. The largest absolute Gasteiger partial charge is 0.396 e. The monoisotopic (exact) mass is 251 g/mol. The van der Waals surface area contributed by atoms with Gasteiger partial charge < -0.3 is 0 Å². The molecule has 0 saturated carbocycles. The molecule has 1 aromatic rings. The van der Waals surface area contributed by atoms with Gasteiger partial charge in [0.2, 0.25) is 0 Å². The third kappa shape index (κ3) is 5.01. The van der Waals surface area contributed by atoms with E-state index in [1.165, 1.54) is 6.07 Å². The number of nitrogens with zero attached hydrogens (tertiary/aromatic N) is 3. The highest BCUT2D eigenvalue weighted by atomic mass is 32.2. The van der Waals surface area contributed by atoms with Crippen LogP contribution in [-0.2, 0) is 16.7 Å². The molecular weight excluding hydrogens is 242 g/mol. The van der Waals surface area contributed by atoms with E-state index in [0.29, 0.717) is 12.0 Å². The van der Waals surface area contributed by atoms with Gasteiger partial charge in [0.05, 0.1) is 11.8 Å². The SMILES string of the molecule is C=C(C#N)Cc1cccc(/N=N/S(=O)(=O)O)c1. The van der Waals surface area contributed by atoms with E-state index in [9.17, 15) is 8.42 Å². The molecule has 0 unspecified atom stereocenters. The van der Waals surface area contributed by atoms with E-state index in [1.54, 1.807) is 18.2 Å². The van der Waals surface area contributed by atoms with Crippen LogP contribution in [0.15, 0.2) is 46.1 Å². The van der Waals surface area contributed by atoms with Gasteiger partial charge >= 0.3 is 10.3 Å². The molecule has 88 valence electrons. The number of nitriles is 1. The molecule has 0 atom stereocenters. The second-order valence-electron chi connectivity index (χ2n) is 3.19. The first kappa shape index (κ1) is 13.0. The molecule has 17 heavy (non-hydrogen) atoms. The topological polar surface area (TPSA) is 103 Å². The molecule has 0 spiro atoms. The summed E-state index contributed by atoms with van der Waals surface area (Å²) in [6.45, 7) is 3.53. The Morgan fingerprint density at radius 3 is 2.82 bits per heavy atom. The smallest absolute Gasteiger partial charge is 0.267 e. The summed E-state index contributed by atoms with van der Waals surface area (Å²) in [5.74, 6) is 0. The molecule has 1 rings (SSSR count). The lowest BCUT2D eigenvalue weighted by atomic mass is 10.1. The molecule has 0 fully saturated rings. The van der Waals surface area contributed by atoms with Crippen molar-refractivity contribution in [1.82, 2.24) is 0 Å². The molecule has 0 radical (unpaired) electrons. The Balaban J connectivity index is 2.91. The van der Waals surface area contributed by atoms with Crippen LogP contribution < -0.4 is 0 Å². The standard InChI is InChI=1S/C10H9N3O3S/c1-8(7-11)5-9-3-2-4-10(6-9)12-13-17(14,15)16/h2-4,6H,1,5H2,(H,14,15,16)/b13-12+. The molecule has 0 aliphatic carbocycles. The number of hydrogen-bond acceptors (Lipinski definition) is 4. The first-order valence-electron chi connectivity index (χ1n) is 4.48. The van der Waals surface area contributed by atoms with E-state index in [0.717, 1.165) is 5.56 Å². The van der Waals surface area contributed by atoms with Crippen molar-refractivity contribution < 1.29 is 13.0 Å². The van der Waals surface area contributed by atoms with E-state index in [2.05, 4.69) is 16.2 Å². The lowest BCUT2D eigenvalue weighted by Gasteiger charge is -1.99. The van der Waals surface area contributed by atoms with Crippen molar-refractivity contribution in [1.29, 1.82) is 5.26 Å². The minimum Gasteiger partial charge on any atom is -0.267 e. The predicted octanol–water partition coefficient (Wildman–Crippen LogP) is 2.20. The van der Waals surface area contributed by atoms with Gasteiger partial charge in [-0.1, -0.05) is 18.7 Å². The van der Waals surface area contributed by atoms with Crippen molar-refractivity contribution in [3.63, 3.8) is 0 Å². The van der Waals surface area contributed by atoms with Gasteiger partial charge in [-0.25, -0.2) is 0 Å². The summed E-state index contributed by atoms with van der Waals surface area (Å²) in [4.78, 5) is 0. The van der Waals surface area contributed by atoms with Gasteiger partial charge in [-0.3, -0.25) is 4.55 Å². The van der Waals surface area contributed by atoms with E-state index in [-0.39, 0.29) is 5.69 Å². The second kappa shape index (κ2) is 5.34. The van der Waals surface area contributed by atoms with Gasteiger partial charge in [-0.15, -0.1) is 5.11 Å². The summed E-state index contributed by atoms with van der Waals surface area (Å²) in [5, 5.41) is 11.9. The summed E-state index contributed by atoms with van der Waals surface area (Å²) in [6, 6.07) is 8.36. The van der Waals surface area contributed by atoms with Gasteiger partial charge in [0.25, 0.3) is 0 Å². The summed E-state index contributed by atoms with van der Waals surface area (Å²) in [5.41, 5.74) is 1.41. The highest BCUT2D eigenvalue weighted by Crippen LogP contribution is 2.17.